The highest BCUT2D eigenvalue weighted by atomic mass is 32.2. The minimum Gasteiger partial charge on any atom is -0.493 e. The van der Waals surface area contributed by atoms with Crippen LogP contribution in [0.3, 0.4) is 0 Å². The number of carbonyl (C=O) groups is 2. The van der Waals surface area contributed by atoms with Crippen LogP contribution in [0.2, 0.25) is 0 Å². The smallest absolute Gasteiger partial charge is 0.290 e. The topological polar surface area (TPSA) is 55.4 Å². The van der Waals surface area contributed by atoms with E-state index in [0.717, 1.165) is 40.6 Å². The fourth-order valence-electron chi connectivity index (χ4n) is 4.71. The molecule has 2 aliphatic rings. The van der Waals surface area contributed by atoms with Crippen LogP contribution in [-0.4, -0.2) is 17.8 Å². The molecule has 5 heteroatoms. The number of thioether (sulfide) groups is 1. The van der Waals surface area contributed by atoms with Gasteiger partial charge in [-0.3, -0.25) is 14.9 Å². The van der Waals surface area contributed by atoms with Crippen molar-refractivity contribution in [2.75, 3.05) is 6.61 Å². The van der Waals surface area contributed by atoms with Crippen molar-refractivity contribution in [3.8, 4) is 16.9 Å². The van der Waals surface area contributed by atoms with E-state index in [1.54, 1.807) is 6.08 Å². The van der Waals surface area contributed by atoms with E-state index in [4.69, 9.17) is 4.74 Å². The number of hydrogen-bond donors (Lipinski definition) is 1. The average Bonchev–Trinajstić information content (AvgIpc) is 3.03. The van der Waals surface area contributed by atoms with Gasteiger partial charge in [-0.2, -0.15) is 0 Å². The van der Waals surface area contributed by atoms with Gasteiger partial charge in [0.05, 0.1) is 11.5 Å². The maximum absolute atomic E-state index is 12.0. The Morgan fingerprint density at radius 2 is 1.66 bits per heavy atom. The zero-order valence-electron chi connectivity index (χ0n) is 19.7. The average molecular weight is 450 g/mol. The molecule has 2 aromatic carbocycles. The number of benzene rings is 2. The molecule has 0 radical (unpaired) electrons. The van der Waals surface area contributed by atoms with E-state index in [0.29, 0.717) is 11.5 Å². The largest absolute Gasteiger partial charge is 0.493 e. The first-order valence-electron chi connectivity index (χ1n) is 11.2. The van der Waals surface area contributed by atoms with Gasteiger partial charge in [0.2, 0.25) is 0 Å². The summed E-state index contributed by atoms with van der Waals surface area (Å²) in [5.74, 6) is 0.481. The van der Waals surface area contributed by atoms with E-state index in [1.807, 2.05) is 19.1 Å². The summed E-state index contributed by atoms with van der Waals surface area (Å²) in [6, 6.07) is 10.6. The molecular weight excluding hydrogens is 418 g/mol. The number of imide groups is 1. The number of ether oxygens (including phenoxy) is 1. The van der Waals surface area contributed by atoms with E-state index in [2.05, 4.69) is 58.1 Å². The highest BCUT2D eigenvalue weighted by molar-refractivity contribution is 8.18. The molecule has 0 aromatic heterocycles. The molecule has 1 aliphatic heterocycles. The molecule has 1 saturated heterocycles. The van der Waals surface area contributed by atoms with Crippen molar-refractivity contribution in [2.24, 2.45) is 0 Å². The highest BCUT2D eigenvalue weighted by Gasteiger charge is 2.37. The second kappa shape index (κ2) is 8.11. The summed E-state index contributed by atoms with van der Waals surface area (Å²) in [5.41, 5.74) is 7.34. The van der Waals surface area contributed by atoms with Crippen molar-refractivity contribution >= 4 is 29.0 Å². The molecule has 168 valence electrons. The van der Waals surface area contributed by atoms with E-state index in [9.17, 15) is 9.59 Å². The molecule has 2 aromatic rings. The van der Waals surface area contributed by atoms with Gasteiger partial charge < -0.3 is 4.74 Å². The highest BCUT2D eigenvalue weighted by Crippen LogP contribution is 2.48. The van der Waals surface area contributed by atoms with Crippen molar-refractivity contribution in [3.05, 3.63) is 57.5 Å². The summed E-state index contributed by atoms with van der Waals surface area (Å²) < 4.78 is 5.99. The number of amides is 2. The van der Waals surface area contributed by atoms with Crippen LogP contribution in [0.4, 0.5) is 4.79 Å². The summed E-state index contributed by atoms with van der Waals surface area (Å²) in [6.45, 7) is 14.1. The van der Waals surface area contributed by atoms with Crippen LogP contribution in [0.15, 0.2) is 35.2 Å². The third-order valence-electron chi connectivity index (χ3n) is 6.73. The molecule has 1 fully saturated rings. The van der Waals surface area contributed by atoms with Crippen molar-refractivity contribution < 1.29 is 14.3 Å². The van der Waals surface area contributed by atoms with E-state index in [1.165, 1.54) is 23.1 Å². The number of aryl methyl sites for hydroxylation is 1. The third-order valence-corrected chi connectivity index (χ3v) is 7.54. The van der Waals surface area contributed by atoms with Gasteiger partial charge in [0.25, 0.3) is 11.1 Å². The molecule has 1 aliphatic carbocycles. The van der Waals surface area contributed by atoms with Crippen LogP contribution < -0.4 is 10.1 Å². The fourth-order valence-corrected chi connectivity index (χ4v) is 5.40. The minimum absolute atomic E-state index is 0.109. The molecule has 0 spiro atoms. The van der Waals surface area contributed by atoms with Crippen LogP contribution in [0, 0.1) is 6.92 Å². The van der Waals surface area contributed by atoms with Crippen molar-refractivity contribution in [3.63, 3.8) is 0 Å². The van der Waals surface area contributed by atoms with Crippen molar-refractivity contribution in [1.82, 2.24) is 5.32 Å². The molecule has 4 nitrogen and oxygen atoms in total. The van der Waals surface area contributed by atoms with Crippen molar-refractivity contribution in [2.45, 2.75) is 65.2 Å². The molecular formula is C27H31NO3S. The minimum atomic E-state index is -0.343. The van der Waals surface area contributed by atoms with Crippen molar-refractivity contribution in [1.29, 1.82) is 0 Å². The Labute approximate surface area is 194 Å². The molecule has 2 amide bonds. The Hall–Kier alpha value is -2.53. The summed E-state index contributed by atoms with van der Waals surface area (Å²) in [6.07, 6.45) is 4.10. The number of nitrogens with one attached hydrogen (secondary N) is 1. The first-order chi connectivity index (χ1) is 15.0. The zero-order valence-corrected chi connectivity index (χ0v) is 20.5. The molecule has 32 heavy (non-hydrogen) atoms. The molecule has 1 N–H and O–H groups in total. The van der Waals surface area contributed by atoms with Crippen LogP contribution in [0.25, 0.3) is 17.2 Å². The molecule has 0 atom stereocenters. The molecule has 1 heterocycles. The summed E-state index contributed by atoms with van der Waals surface area (Å²) >= 11 is 0.936. The van der Waals surface area contributed by atoms with Crippen LogP contribution >= 0.6 is 11.8 Å². The lowest BCUT2D eigenvalue weighted by Gasteiger charge is -2.42. The predicted molar refractivity (Wildman–Crippen MR) is 132 cm³/mol. The van der Waals surface area contributed by atoms with Crippen LogP contribution in [0.5, 0.6) is 5.75 Å². The SMILES string of the molecule is CCOc1ccc(C=C2SC(=O)NC2=O)cc1-c1cc2c(cc1C)C(C)(C)CCC2(C)C. The lowest BCUT2D eigenvalue weighted by atomic mass is 9.62. The van der Waals surface area contributed by atoms with Crippen LogP contribution in [0.1, 0.15) is 69.7 Å². The molecule has 0 bridgehead atoms. The van der Waals surface area contributed by atoms with Gasteiger partial charge in [-0.05, 0) is 101 Å². The Balaban J connectivity index is 1.88. The summed E-state index contributed by atoms with van der Waals surface area (Å²) in [5, 5.41) is 1.99. The second-order valence-corrected chi connectivity index (χ2v) is 11.0. The molecule has 0 unspecified atom stereocenters. The number of hydrogen-bond acceptors (Lipinski definition) is 4. The van der Waals surface area contributed by atoms with Gasteiger partial charge in [0.15, 0.2) is 0 Å². The number of rotatable bonds is 4. The summed E-state index contributed by atoms with van der Waals surface area (Å²) in [7, 11) is 0. The molecule has 4 rings (SSSR count). The van der Waals surface area contributed by atoms with E-state index >= 15 is 0 Å². The lowest BCUT2D eigenvalue weighted by Crippen LogP contribution is -2.34. The number of carbonyl (C=O) groups excluding carboxylic acids is 2. The normalized spacial score (nSPS) is 20.2. The Morgan fingerprint density at radius 3 is 2.25 bits per heavy atom. The van der Waals surface area contributed by atoms with Gasteiger partial charge in [-0.15, -0.1) is 0 Å². The third kappa shape index (κ3) is 4.11. The van der Waals surface area contributed by atoms with Gasteiger partial charge in [-0.25, -0.2) is 0 Å². The van der Waals surface area contributed by atoms with Crippen LogP contribution in [-0.2, 0) is 15.6 Å². The monoisotopic (exact) mass is 449 g/mol. The first-order valence-corrected chi connectivity index (χ1v) is 12.0. The van der Waals surface area contributed by atoms with Gasteiger partial charge >= 0.3 is 0 Å². The van der Waals surface area contributed by atoms with Gasteiger partial charge in [-0.1, -0.05) is 39.8 Å². The van der Waals surface area contributed by atoms with E-state index < -0.39 is 0 Å². The molecule has 0 saturated carbocycles. The van der Waals surface area contributed by atoms with Gasteiger partial charge in [0.1, 0.15) is 5.75 Å². The second-order valence-electron chi connectivity index (χ2n) is 10.0. The Bertz CT molecular complexity index is 1140. The quantitative estimate of drug-likeness (QED) is 0.526. The Kier molecular flexibility index (Phi) is 5.74. The van der Waals surface area contributed by atoms with Gasteiger partial charge in [0, 0.05) is 5.56 Å². The maximum atomic E-state index is 12.0. The van der Waals surface area contributed by atoms with E-state index in [-0.39, 0.29) is 22.0 Å². The maximum Gasteiger partial charge on any atom is 0.290 e. The lowest BCUT2D eigenvalue weighted by molar-refractivity contribution is -0.115. The Morgan fingerprint density at radius 1 is 1.00 bits per heavy atom. The fraction of sp³-hybridized carbons (Fsp3) is 0.407. The first kappa shape index (κ1) is 22.7. The summed E-state index contributed by atoms with van der Waals surface area (Å²) in [4.78, 5) is 24.0. The predicted octanol–water partition coefficient (Wildman–Crippen LogP) is 6.73. The standard InChI is InChI=1S/C27H31NO3S/c1-7-31-22-9-8-17(14-23-24(29)28-25(30)32-23)13-19(22)18-15-21-20(12-16(18)2)26(3,4)10-11-27(21,5)6/h8-9,12-15H,7,10-11H2,1-6H3,(H,28,29,30). The number of fused-ring (bicyclic) bond motifs is 1. The zero-order chi connectivity index (χ0) is 23.3.